The van der Waals surface area contributed by atoms with Crippen molar-refractivity contribution in [2.75, 3.05) is 16.9 Å². The molecular weight excluding hydrogens is 437 g/mol. The Kier molecular flexibility index (Phi) is 5.17. The summed E-state index contributed by atoms with van der Waals surface area (Å²) in [6.45, 7) is 2.96. The minimum absolute atomic E-state index is 0.0472. The van der Waals surface area contributed by atoms with E-state index in [0.717, 1.165) is 18.7 Å². The maximum absolute atomic E-state index is 13.0. The van der Waals surface area contributed by atoms with Crippen LogP contribution in [-0.4, -0.2) is 28.6 Å². The van der Waals surface area contributed by atoms with Crippen molar-refractivity contribution in [3.05, 3.63) is 69.3 Å². The number of nitrogens with zero attached hydrogens (tertiary/aromatic N) is 3. The van der Waals surface area contributed by atoms with Gasteiger partial charge in [0.25, 0.3) is 5.91 Å². The second-order valence-electron chi connectivity index (χ2n) is 7.58. The predicted octanol–water partition coefficient (Wildman–Crippen LogP) is 4.56. The lowest BCUT2D eigenvalue weighted by Crippen LogP contribution is -2.39. The molecule has 0 radical (unpaired) electrons. The summed E-state index contributed by atoms with van der Waals surface area (Å²) in [5.74, 6) is 0.250. The first-order valence-corrected chi connectivity index (χ1v) is 10.6. The summed E-state index contributed by atoms with van der Waals surface area (Å²) in [7, 11) is 0. The van der Waals surface area contributed by atoms with Crippen LogP contribution >= 0.6 is 23.2 Å². The summed E-state index contributed by atoms with van der Waals surface area (Å²) < 4.78 is 5.74. The monoisotopic (exact) mass is 455 g/mol. The van der Waals surface area contributed by atoms with E-state index in [1.165, 1.54) is 22.2 Å². The molecular formula is C22H19Cl2N5O2. The van der Waals surface area contributed by atoms with E-state index in [-0.39, 0.29) is 24.1 Å². The number of nitrogens with one attached hydrogen (secondary N) is 2. The molecule has 3 aromatic rings. The molecule has 3 heterocycles. The SMILES string of the molecule is CC1Cc2ccc(Nc3ncc4c(n3)OCN(c3c(Cl)cccc3Cl)C4=O)cc2CN1. The summed E-state index contributed by atoms with van der Waals surface area (Å²) in [4.78, 5) is 23.1. The molecule has 2 aliphatic heterocycles. The third kappa shape index (κ3) is 3.80. The highest BCUT2D eigenvalue weighted by Gasteiger charge is 2.31. The normalized spacial score (nSPS) is 17.6. The number of para-hydroxylation sites is 1. The molecule has 1 aromatic heterocycles. The Balaban J connectivity index is 1.38. The number of aromatic nitrogens is 2. The Bertz CT molecular complexity index is 1170. The van der Waals surface area contributed by atoms with Crippen molar-refractivity contribution in [2.24, 2.45) is 0 Å². The zero-order chi connectivity index (χ0) is 21.5. The van der Waals surface area contributed by atoms with E-state index in [4.69, 9.17) is 27.9 Å². The van der Waals surface area contributed by atoms with Gasteiger partial charge in [-0.25, -0.2) is 4.98 Å². The fourth-order valence-electron chi connectivity index (χ4n) is 3.81. The van der Waals surface area contributed by atoms with Gasteiger partial charge in [0.2, 0.25) is 11.8 Å². The van der Waals surface area contributed by atoms with Crippen LogP contribution in [-0.2, 0) is 13.0 Å². The molecule has 1 amide bonds. The lowest BCUT2D eigenvalue weighted by molar-refractivity contribution is 0.0932. The summed E-state index contributed by atoms with van der Waals surface area (Å²) in [5.41, 5.74) is 4.12. The van der Waals surface area contributed by atoms with Crippen molar-refractivity contribution >= 4 is 46.4 Å². The van der Waals surface area contributed by atoms with Crippen molar-refractivity contribution in [1.29, 1.82) is 0 Å². The largest absolute Gasteiger partial charge is 0.455 e. The Labute approximate surface area is 189 Å². The van der Waals surface area contributed by atoms with Crippen molar-refractivity contribution in [2.45, 2.75) is 25.9 Å². The Morgan fingerprint density at radius 1 is 1.19 bits per heavy atom. The molecule has 0 aliphatic carbocycles. The smallest absolute Gasteiger partial charge is 0.268 e. The van der Waals surface area contributed by atoms with Gasteiger partial charge in [0, 0.05) is 24.5 Å². The number of hydrogen-bond donors (Lipinski definition) is 2. The zero-order valence-corrected chi connectivity index (χ0v) is 18.2. The van der Waals surface area contributed by atoms with Crippen LogP contribution in [0.15, 0.2) is 42.6 Å². The highest BCUT2D eigenvalue weighted by molar-refractivity contribution is 6.40. The first-order chi connectivity index (χ1) is 15.0. The van der Waals surface area contributed by atoms with Gasteiger partial charge in [0.05, 0.1) is 15.7 Å². The number of anilines is 3. The van der Waals surface area contributed by atoms with Crippen LogP contribution < -0.4 is 20.3 Å². The van der Waals surface area contributed by atoms with Crippen molar-refractivity contribution in [3.63, 3.8) is 0 Å². The quantitative estimate of drug-likeness (QED) is 0.602. The van der Waals surface area contributed by atoms with Gasteiger partial charge in [0.1, 0.15) is 5.56 Å². The van der Waals surface area contributed by atoms with Gasteiger partial charge in [-0.2, -0.15) is 4.98 Å². The van der Waals surface area contributed by atoms with Gasteiger partial charge < -0.3 is 15.4 Å². The van der Waals surface area contributed by atoms with Gasteiger partial charge in [-0.1, -0.05) is 35.3 Å². The van der Waals surface area contributed by atoms with E-state index >= 15 is 0 Å². The Morgan fingerprint density at radius 3 is 2.81 bits per heavy atom. The molecule has 0 spiro atoms. The van der Waals surface area contributed by atoms with E-state index in [9.17, 15) is 4.79 Å². The van der Waals surface area contributed by atoms with Crippen LogP contribution in [0, 0.1) is 0 Å². The molecule has 2 N–H and O–H groups in total. The minimum Gasteiger partial charge on any atom is -0.455 e. The van der Waals surface area contributed by atoms with Crippen LogP contribution in [0.25, 0.3) is 0 Å². The predicted molar refractivity (Wildman–Crippen MR) is 121 cm³/mol. The summed E-state index contributed by atoms with van der Waals surface area (Å²) >= 11 is 12.5. The number of ether oxygens (including phenoxy) is 1. The van der Waals surface area contributed by atoms with Crippen molar-refractivity contribution < 1.29 is 9.53 Å². The highest BCUT2D eigenvalue weighted by Crippen LogP contribution is 2.37. The van der Waals surface area contributed by atoms with Crippen LogP contribution in [0.3, 0.4) is 0 Å². The lowest BCUT2D eigenvalue weighted by Gasteiger charge is -2.29. The zero-order valence-electron chi connectivity index (χ0n) is 16.7. The average Bonchev–Trinajstić information content (AvgIpc) is 2.75. The molecule has 0 fully saturated rings. The molecule has 9 heteroatoms. The first kappa shape index (κ1) is 20.1. The summed E-state index contributed by atoms with van der Waals surface area (Å²) in [6.07, 6.45) is 2.46. The van der Waals surface area contributed by atoms with Crippen LogP contribution in [0.4, 0.5) is 17.3 Å². The number of halogens is 2. The summed E-state index contributed by atoms with van der Waals surface area (Å²) in [6, 6.07) is 11.8. The van der Waals surface area contributed by atoms with Gasteiger partial charge in [-0.05, 0) is 48.7 Å². The fourth-order valence-corrected chi connectivity index (χ4v) is 4.41. The number of amides is 1. The number of carbonyl (C=O) groups excluding carboxylic acids is 1. The molecule has 31 heavy (non-hydrogen) atoms. The number of hydrogen-bond acceptors (Lipinski definition) is 6. The van der Waals surface area contributed by atoms with Crippen LogP contribution in [0.5, 0.6) is 5.88 Å². The van der Waals surface area contributed by atoms with E-state index in [2.05, 4.69) is 39.7 Å². The molecule has 0 saturated carbocycles. The second kappa shape index (κ2) is 8.00. The van der Waals surface area contributed by atoms with Crippen molar-refractivity contribution in [3.8, 4) is 5.88 Å². The van der Waals surface area contributed by atoms with E-state index in [1.54, 1.807) is 18.2 Å². The molecule has 5 rings (SSSR count). The maximum atomic E-state index is 13.0. The van der Waals surface area contributed by atoms with Gasteiger partial charge in [0.15, 0.2) is 6.73 Å². The third-order valence-corrected chi connectivity index (χ3v) is 6.01. The van der Waals surface area contributed by atoms with Crippen LogP contribution in [0.2, 0.25) is 10.0 Å². The minimum atomic E-state index is -0.322. The summed E-state index contributed by atoms with van der Waals surface area (Å²) in [5, 5.41) is 7.38. The topological polar surface area (TPSA) is 79.4 Å². The fraction of sp³-hybridized carbons (Fsp3) is 0.227. The van der Waals surface area contributed by atoms with E-state index in [0.29, 0.717) is 27.7 Å². The Morgan fingerprint density at radius 2 is 2.00 bits per heavy atom. The molecule has 1 unspecified atom stereocenters. The standard InChI is InChI=1S/C22H19Cl2N5O2/c1-12-7-13-5-6-15(8-14(13)9-25-12)27-22-26-10-16-20(28-22)31-11-29(21(16)30)19-17(23)3-2-4-18(19)24/h2-6,8,10,12,25H,7,9,11H2,1H3,(H,26,27,28). The van der Waals surface area contributed by atoms with Crippen molar-refractivity contribution in [1.82, 2.24) is 15.3 Å². The highest BCUT2D eigenvalue weighted by atomic mass is 35.5. The average molecular weight is 456 g/mol. The number of rotatable bonds is 3. The second-order valence-corrected chi connectivity index (χ2v) is 8.40. The number of carbonyl (C=O) groups is 1. The third-order valence-electron chi connectivity index (χ3n) is 5.40. The van der Waals surface area contributed by atoms with E-state index in [1.807, 2.05) is 6.07 Å². The number of fused-ring (bicyclic) bond motifs is 2. The molecule has 158 valence electrons. The first-order valence-electron chi connectivity index (χ1n) is 9.87. The van der Waals surface area contributed by atoms with E-state index < -0.39 is 0 Å². The molecule has 1 atom stereocenters. The molecule has 7 nitrogen and oxygen atoms in total. The molecule has 2 aromatic carbocycles. The van der Waals surface area contributed by atoms with Gasteiger partial charge in [-0.3, -0.25) is 9.69 Å². The Hall–Kier alpha value is -2.87. The van der Waals surface area contributed by atoms with Gasteiger partial charge >= 0.3 is 0 Å². The van der Waals surface area contributed by atoms with Crippen LogP contribution in [0.1, 0.15) is 28.4 Å². The molecule has 0 bridgehead atoms. The lowest BCUT2D eigenvalue weighted by atomic mass is 9.96. The number of benzene rings is 2. The maximum Gasteiger partial charge on any atom is 0.268 e. The van der Waals surface area contributed by atoms with Gasteiger partial charge in [-0.15, -0.1) is 0 Å². The molecule has 0 saturated heterocycles. The molecule has 2 aliphatic rings.